The fraction of sp³-hybridized carbons (Fsp3) is 0. The molecule has 3 aromatic heterocycles. The van der Waals surface area contributed by atoms with Gasteiger partial charge in [-0.15, -0.1) is 11.3 Å². The van der Waals surface area contributed by atoms with Gasteiger partial charge in [0.15, 0.2) is 0 Å². The molecule has 0 saturated heterocycles. The highest BCUT2D eigenvalue weighted by Gasteiger charge is 2.26. The first-order valence-corrected chi connectivity index (χ1v) is 15.0. The summed E-state index contributed by atoms with van der Waals surface area (Å²) in [5.74, 6) is 0.701. The van der Waals surface area contributed by atoms with Gasteiger partial charge in [-0.2, -0.15) is 0 Å². The number of hydrogen-bond acceptors (Lipinski definition) is 3. The molecule has 0 fully saturated rings. The van der Waals surface area contributed by atoms with E-state index in [0.29, 0.717) is 5.95 Å². The SMILES string of the molecule is c1ccc(-c2nc(-n3c4ccccc4c4cc5c6c(cccc6c43)-c3ccccc3-5)nc3c2sc2ccccc23)cc1. The van der Waals surface area contributed by atoms with E-state index in [1.807, 2.05) is 0 Å². The molecule has 0 amide bonds. The predicted molar refractivity (Wildman–Crippen MR) is 177 cm³/mol. The summed E-state index contributed by atoms with van der Waals surface area (Å²) in [5, 5.41) is 6.14. The monoisotopic (exact) mass is 551 g/mol. The van der Waals surface area contributed by atoms with Crippen molar-refractivity contribution in [1.29, 1.82) is 0 Å². The third-order valence-electron chi connectivity index (χ3n) is 8.75. The molecule has 0 atom stereocenters. The summed E-state index contributed by atoms with van der Waals surface area (Å²) >= 11 is 1.77. The first-order chi connectivity index (χ1) is 20.8. The lowest BCUT2D eigenvalue weighted by Crippen LogP contribution is -2.03. The van der Waals surface area contributed by atoms with Gasteiger partial charge >= 0.3 is 0 Å². The summed E-state index contributed by atoms with van der Waals surface area (Å²) in [6.07, 6.45) is 0. The molecule has 0 saturated carbocycles. The van der Waals surface area contributed by atoms with Crippen LogP contribution in [0.3, 0.4) is 0 Å². The molecule has 9 aromatic rings. The number of fused-ring (bicyclic) bond motifs is 10. The quantitative estimate of drug-likeness (QED) is 0.214. The third kappa shape index (κ3) is 2.84. The van der Waals surface area contributed by atoms with Crippen LogP contribution in [-0.4, -0.2) is 14.5 Å². The van der Waals surface area contributed by atoms with Gasteiger partial charge < -0.3 is 0 Å². The van der Waals surface area contributed by atoms with Crippen LogP contribution in [0, 0.1) is 0 Å². The normalized spacial score (nSPS) is 12.3. The van der Waals surface area contributed by atoms with E-state index in [4.69, 9.17) is 9.97 Å². The second kappa shape index (κ2) is 8.12. The Bertz CT molecular complexity index is 2570. The van der Waals surface area contributed by atoms with E-state index in [0.717, 1.165) is 32.5 Å². The molecule has 3 nitrogen and oxygen atoms in total. The van der Waals surface area contributed by atoms with Gasteiger partial charge in [0, 0.05) is 31.8 Å². The number of thiophene rings is 1. The van der Waals surface area contributed by atoms with Gasteiger partial charge in [0.05, 0.1) is 26.9 Å². The minimum Gasteiger partial charge on any atom is -0.277 e. The molecule has 42 heavy (non-hydrogen) atoms. The van der Waals surface area contributed by atoms with Crippen molar-refractivity contribution in [2.45, 2.75) is 0 Å². The Balaban J connectivity index is 1.40. The van der Waals surface area contributed by atoms with E-state index in [1.54, 1.807) is 11.3 Å². The van der Waals surface area contributed by atoms with Gasteiger partial charge in [-0.25, -0.2) is 9.97 Å². The third-order valence-corrected chi connectivity index (χ3v) is 9.92. The second-order valence-electron chi connectivity index (χ2n) is 11.0. The number of benzene rings is 6. The van der Waals surface area contributed by atoms with E-state index in [-0.39, 0.29) is 0 Å². The molecule has 1 aliphatic rings. The molecule has 4 heteroatoms. The van der Waals surface area contributed by atoms with E-state index in [2.05, 4.69) is 132 Å². The maximum absolute atomic E-state index is 5.38. The van der Waals surface area contributed by atoms with Crippen LogP contribution in [0.4, 0.5) is 0 Å². The molecule has 10 rings (SSSR count). The van der Waals surface area contributed by atoms with Crippen LogP contribution >= 0.6 is 11.3 Å². The van der Waals surface area contributed by atoms with Crippen molar-refractivity contribution >= 4 is 64.2 Å². The van der Waals surface area contributed by atoms with Crippen molar-refractivity contribution in [3.63, 3.8) is 0 Å². The highest BCUT2D eigenvalue weighted by atomic mass is 32.1. The van der Waals surface area contributed by atoms with Gasteiger partial charge in [-0.3, -0.25) is 4.57 Å². The van der Waals surface area contributed by atoms with E-state index >= 15 is 0 Å². The molecule has 0 spiro atoms. The van der Waals surface area contributed by atoms with Crippen molar-refractivity contribution in [2.24, 2.45) is 0 Å². The Labute approximate surface area is 245 Å². The molecular formula is C38H21N3S. The lowest BCUT2D eigenvalue weighted by atomic mass is 9.99. The van der Waals surface area contributed by atoms with E-state index < -0.39 is 0 Å². The Hall–Kier alpha value is -5.32. The van der Waals surface area contributed by atoms with Gasteiger partial charge in [-0.1, -0.05) is 109 Å². The summed E-state index contributed by atoms with van der Waals surface area (Å²) in [6, 6.07) is 45.6. The van der Waals surface area contributed by atoms with Gasteiger partial charge in [-0.05, 0) is 45.8 Å². The van der Waals surface area contributed by atoms with Crippen LogP contribution in [-0.2, 0) is 0 Å². The molecule has 1 aliphatic carbocycles. The molecule has 0 radical (unpaired) electrons. The van der Waals surface area contributed by atoms with Crippen LogP contribution in [0.2, 0.25) is 0 Å². The summed E-state index contributed by atoms with van der Waals surface area (Å²) in [4.78, 5) is 10.7. The van der Waals surface area contributed by atoms with Gasteiger partial charge in [0.25, 0.3) is 0 Å². The molecule has 0 aliphatic heterocycles. The Morgan fingerprint density at radius 2 is 1.21 bits per heavy atom. The zero-order valence-electron chi connectivity index (χ0n) is 22.4. The number of nitrogens with zero attached hydrogens (tertiary/aromatic N) is 3. The van der Waals surface area contributed by atoms with Crippen LogP contribution in [0.1, 0.15) is 0 Å². The minimum absolute atomic E-state index is 0.701. The summed E-state index contributed by atoms with van der Waals surface area (Å²) < 4.78 is 4.64. The van der Waals surface area contributed by atoms with Crippen molar-refractivity contribution in [1.82, 2.24) is 14.5 Å². The maximum atomic E-state index is 5.38. The summed E-state index contributed by atoms with van der Waals surface area (Å²) in [6.45, 7) is 0. The van der Waals surface area contributed by atoms with Crippen molar-refractivity contribution in [2.75, 3.05) is 0 Å². The molecule has 0 bridgehead atoms. The fourth-order valence-electron chi connectivity index (χ4n) is 7.00. The van der Waals surface area contributed by atoms with Crippen LogP contribution in [0.15, 0.2) is 127 Å². The van der Waals surface area contributed by atoms with Crippen molar-refractivity contribution < 1.29 is 0 Å². The van der Waals surface area contributed by atoms with Crippen LogP contribution in [0.5, 0.6) is 0 Å². The zero-order valence-corrected chi connectivity index (χ0v) is 23.2. The zero-order chi connectivity index (χ0) is 27.4. The second-order valence-corrected chi connectivity index (χ2v) is 12.0. The average Bonchev–Trinajstić information content (AvgIpc) is 3.70. The summed E-state index contributed by atoms with van der Waals surface area (Å²) in [7, 11) is 0. The molecule has 0 N–H and O–H groups in total. The lowest BCUT2D eigenvalue weighted by Gasteiger charge is -2.12. The molecule has 3 heterocycles. The van der Waals surface area contributed by atoms with Crippen molar-refractivity contribution in [3.05, 3.63) is 127 Å². The highest BCUT2D eigenvalue weighted by molar-refractivity contribution is 7.26. The minimum atomic E-state index is 0.701. The van der Waals surface area contributed by atoms with E-state index in [1.165, 1.54) is 53.9 Å². The lowest BCUT2D eigenvalue weighted by molar-refractivity contribution is 1.02. The van der Waals surface area contributed by atoms with Crippen molar-refractivity contribution in [3.8, 4) is 39.5 Å². The molecule has 6 aromatic carbocycles. The summed E-state index contributed by atoms with van der Waals surface area (Å²) in [5.41, 5.74) is 10.5. The first kappa shape index (κ1) is 22.4. The number of rotatable bonds is 2. The van der Waals surface area contributed by atoms with Gasteiger partial charge in [0.2, 0.25) is 5.95 Å². The Morgan fingerprint density at radius 3 is 2.10 bits per heavy atom. The maximum Gasteiger partial charge on any atom is 0.235 e. The highest BCUT2D eigenvalue weighted by Crippen LogP contribution is 2.51. The number of hydrogen-bond donors (Lipinski definition) is 0. The number of aromatic nitrogens is 3. The molecular weight excluding hydrogens is 531 g/mol. The topological polar surface area (TPSA) is 30.7 Å². The van der Waals surface area contributed by atoms with Gasteiger partial charge in [0.1, 0.15) is 0 Å². The number of para-hydroxylation sites is 1. The predicted octanol–water partition coefficient (Wildman–Crippen LogP) is 10.4. The smallest absolute Gasteiger partial charge is 0.235 e. The average molecular weight is 552 g/mol. The van der Waals surface area contributed by atoms with Crippen LogP contribution < -0.4 is 0 Å². The Kier molecular flexibility index (Phi) is 4.33. The largest absolute Gasteiger partial charge is 0.277 e. The fourth-order valence-corrected chi connectivity index (χ4v) is 8.15. The Morgan fingerprint density at radius 1 is 0.524 bits per heavy atom. The van der Waals surface area contributed by atoms with Crippen LogP contribution in [0.25, 0.3) is 92.3 Å². The van der Waals surface area contributed by atoms with E-state index in [9.17, 15) is 0 Å². The molecule has 194 valence electrons. The molecule has 0 unspecified atom stereocenters. The first-order valence-electron chi connectivity index (χ1n) is 14.2. The standard InChI is InChI=1S/C38H21N3S/c1-2-11-22(12-3-1)34-37-35(27-16-7-9-20-32(27)42-37)40-38(39-34)41-31-19-8-6-15-25(31)30-21-29-24-14-5-4-13-23(24)26-17-10-18-28(33(26)29)36(30)41/h1-21H.